The second-order valence-electron chi connectivity index (χ2n) is 9.07. The van der Waals surface area contributed by atoms with Gasteiger partial charge in [-0.3, -0.25) is 4.79 Å². The first-order valence-corrected chi connectivity index (χ1v) is 11.9. The number of rotatable bonds is 7. The van der Waals surface area contributed by atoms with Gasteiger partial charge in [0.1, 0.15) is 5.70 Å². The SMILES string of the molecule is C=C1C(=O)C(NCC(C)(C)OP2N(C)[C@@H]3CCCC[C@H]3N2C)=C1Nc1ccccc1. The largest absolute Gasteiger partial charge is 0.377 e. The number of para-hydroxylation sites is 1. The Balaban J connectivity index is 1.41. The molecule has 1 aromatic rings. The molecule has 2 atom stereocenters. The van der Waals surface area contributed by atoms with Crippen LogP contribution in [0.3, 0.4) is 0 Å². The average molecular weight is 429 g/mol. The molecule has 4 rings (SSSR count). The molecule has 2 N–H and O–H groups in total. The number of Topliss-reactive ketones (excluding diaryl/α,β-unsaturated/α-hetero) is 1. The van der Waals surface area contributed by atoms with Gasteiger partial charge in [-0.2, -0.15) is 0 Å². The minimum Gasteiger partial charge on any atom is -0.377 e. The van der Waals surface area contributed by atoms with Crippen LogP contribution < -0.4 is 10.6 Å². The minimum atomic E-state index is -0.801. The lowest BCUT2D eigenvalue weighted by Gasteiger charge is -2.36. The molecule has 1 saturated heterocycles. The summed E-state index contributed by atoms with van der Waals surface area (Å²) in [6.07, 6.45) is 5.13. The molecular formula is C23H33N4O2P. The standard InChI is InChI=1S/C23H33N4O2P/c1-16-20(25-17-11-7-6-8-12-17)21(22(16)28)24-15-23(2,3)29-30-26(4)18-13-9-10-14-19(18)27(30)5/h6-8,11-12,18-19,24-25H,1,9-10,13-15H2,2-5H3/t18-,19-/m1/s1. The minimum absolute atomic E-state index is 0.0314. The number of allylic oxidation sites excluding steroid dienone is 2. The first-order chi connectivity index (χ1) is 14.3. The third-order valence-electron chi connectivity index (χ3n) is 6.31. The van der Waals surface area contributed by atoms with Gasteiger partial charge >= 0.3 is 0 Å². The Kier molecular flexibility index (Phi) is 6.04. The Bertz CT molecular complexity index is 836. The van der Waals surface area contributed by atoms with Gasteiger partial charge in [0.05, 0.1) is 11.3 Å². The summed E-state index contributed by atoms with van der Waals surface area (Å²) in [6, 6.07) is 11.0. The van der Waals surface area contributed by atoms with Gasteiger partial charge < -0.3 is 15.2 Å². The van der Waals surface area contributed by atoms with E-state index in [1.165, 1.54) is 25.7 Å². The van der Waals surface area contributed by atoms with Crippen LogP contribution in [0.4, 0.5) is 5.69 Å². The summed E-state index contributed by atoms with van der Waals surface area (Å²) in [5.74, 6) is -0.0314. The second-order valence-corrected chi connectivity index (χ2v) is 11.0. The highest BCUT2D eigenvalue weighted by Crippen LogP contribution is 2.57. The van der Waals surface area contributed by atoms with Crippen LogP contribution in [0.2, 0.25) is 0 Å². The predicted molar refractivity (Wildman–Crippen MR) is 123 cm³/mol. The van der Waals surface area contributed by atoms with E-state index in [1.807, 2.05) is 30.3 Å². The molecule has 1 aromatic carbocycles. The first kappa shape index (κ1) is 21.5. The summed E-state index contributed by atoms with van der Waals surface area (Å²) in [4.78, 5) is 12.4. The number of ketones is 1. The third kappa shape index (κ3) is 4.06. The molecule has 7 heteroatoms. The van der Waals surface area contributed by atoms with Gasteiger partial charge in [0, 0.05) is 29.9 Å². The van der Waals surface area contributed by atoms with Gasteiger partial charge in [-0.1, -0.05) is 37.6 Å². The Hall–Kier alpha value is -1.72. The fraction of sp³-hybridized carbons (Fsp3) is 0.522. The molecule has 6 nitrogen and oxygen atoms in total. The summed E-state index contributed by atoms with van der Waals surface area (Å²) in [6.45, 7) is 8.64. The summed E-state index contributed by atoms with van der Waals surface area (Å²) in [7, 11) is 3.60. The van der Waals surface area contributed by atoms with Crippen LogP contribution in [-0.2, 0) is 9.32 Å². The van der Waals surface area contributed by atoms with Crippen molar-refractivity contribution in [1.82, 2.24) is 14.7 Å². The Morgan fingerprint density at radius 1 is 1.10 bits per heavy atom. The van der Waals surface area contributed by atoms with Crippen LogP contribution in [-0.4, -0.2) is 53.4 Å². The number of benzene rings is 1. The van der Waals surface area contributed by atoms with Crippen molar-refractivity contribution in [2.24, 2.45) is 0 Å². The normalized spacial score (nSPS) is 26.0. The van der Waals surface area contributed by atoms with Crippen molar-refractivity contribution < 1.29 is 9.32 Å². The molecule has 2 aliphatic carbocycles. The Labute approximate surface area is 181 Å². The lowest BCUT2D eigenvalue weighted by molar-refractivity contribution is -0.113. The molecule has 0 amide bonds. The molecule has 162 valence electrons. The number of hydrogen-bond acceptors (Lipinski definition) is 6. The van der Waals surface area contributed by atoms with E-state index in [9.17, 15) is 4.79 Å². The number of nitrogens with one attached hydrogen (secondary N) is 2. The van der Waals surface area contributed by atoms with E-state index in [2.05, 4.69) is 54.5 Å². The number of carbonyl (C=O) groups is 1. The van der Waals surface area contributed by atoms with Crippen molar-refractivity contribution in [2.45, 2.75) is 57.2 Å². The molecule has 0 radical (unpaired) electrons. The zero-order valence-corrected chi connectivity index (χ0v) is 19.3. The fourth-order valence-electron chi connectivity index (χ4n) is 4.56. The number of likely N-dealkylation sites (N-methyl/N-ethyl adjacent to an activating group) is 2. The molecule has 2 fully saturated rings. The molecule has 1 heterocycles. The van der Waals surface area contributed by atoms with Crippen LogP contribution in [0, 0.1) is 0 Å². The highest BCUT2D eigenvalue weighted by molar-refractivity contribution is 7.47. The van der Waals surface area contributed by atoms with Gasteiger partial charge in [0.15, 0.2) is 8.45 Å². The van der Waals surface area contributed by atoms with Gasteiger partial charge in [-0.05, 0) is 52.9 Å². The quantitative estimate of drug-likeness (QED) is 0.500. The molecular weight excluding hydrogens is 395 g/mol. The molecule has 0 aromatic heterocycles. The van der Waals surface area contributed by atoms with Crippen LogP contribution in [0.5, 0.6) is 0 Å². The summed E-state index contributed by atoms with van der Waals surface area (Å²) < 4.78 is 11.5. The number of hydrogen-bond donors (Lipinski definition) is 2. The first-order valence-electron chi connectivity index (χ1n) is 10.8. The van der Waals surface area contributed by atoms with Crippen LogP contribution in [0.1, 0.15) is 39.5 Å². The van der Waals surface area contributed by atoms with E-state index in [1.54, 1.807) is 0 Å². The Morgan fingerprint density at radius 2 is 1.70 bits per heavy atom. The maximum absolute atomic E-state index is 12.4. The molecule has 1 aliphatic heterocycles. The zero-order valence-electron chi connectivity index (χ0n) is 18.4. The average Bonchev–Trinajstić information content (AvgIpc) is 2.98. The lowest BCUT2D eigenvalue weighted by Crippen LogP contribution is -2.43. The molecule has 0 spiro atoms. The van der Waals surface area contributed by atoms with Crippen molar-refractivity contribution >= 4 is 19.9 Å². The van der Waals surface area contributed by atoms with Gasteiger partial charge in [0.25, 0.3) is 0 Å². The van der Waals surface area contributed by atoms with E-state index < -0.39 is 14.1 Å². The topological polar surface area (TPSA) is 56.8 Å². The monoisotopic (exact) mass is 428 g/mol. The molecule has 30 heavy (non-hydrogen) atoms. The molecule has 1 saturated carbocycles. The summed E-state index contributed by atoms with van der Waals surface area (Å²) >= 11 is 0. The van der Waals surface area contributed by atoms with E-state index in [0.717, 1.165) is 11.4 Å². The molecule has 0 unspecified atom stereocenters. The van der Waals surface area contributed by atoms with Gasteiger partial charge in [-0.15, -0.1) is 0 Å². The van der Waals surface area contributed by atoms with Gasteiger partial charge in [-0.25, -0.2) is 9.34 Å². The smallest absolute Gasteiger partial charge is 0.212 e. The van der Waals surface area contributed by atoms with Crippen LogP contribution in [0.15, 0.2) is 53.9 Å². The highest BCUT2D eigenvalue weighted by Gasteiger charge is 2.47. The predicted octanol–water partition coefficient (Wildman–Crippen LogP) is 4.25. The zero-order chi connectivity index (χ0) is 21.5. The third-order valence-corrected chi connectivity index (χ3v) is 8.64. The van der Waals surface area contributed by atoms with Crippen molar-refractivity contribution in [2.75, 3.05) is 26.0 Å². The maximum atomic E-state index is 12.4. The van der Waals surface area contributed by atoms with Crippen LogP contribution in [0.25, 0.3) is 0 Å². The van der Waals surface area contributed by atoms with E-state index in [4.69, 9.17) is 4.52 Å². The highest BCUT2D eigenvalue weighted by atomic mass is 31.2. The van der Waals surface area contributed by atoms with Crippen molar-refractivity contribution in [3.63, 3.8) is 0 Å². The lowest BCUT2D eigenvalue weighted by atomic mass is 9.91. The maximum Gasteiger partial charge on any atom is 0.212 e. The number of nitrogens with zero attached hydrogens (tertiary/aromatic N) is 2. The van der Waals surface area contributed by atoms with E-state index in [0.29, 0.717) is 29.9 Å². The van der Waals surface area contributed by atoms with Crippen molar-refractivity contribution in [1.29, 1.82) is 0 Å². The molecule has 3 aliphatic rings. The van der Waals surface area contributed by atoms with E-state index in [-0.39, 0.29) is 5.78 Å². The van der Waals surface area contributed by atoms with Crippen molar-refractivity contribution in [3.05, 3.63) is 53.9 Å². The summed E-state index contributed by atoms with van der Waals surface area (Å²) in [5.41, 5.74) is 2.41. The van der Waals surface area contributed by atoms with Crippen molar-refractivity contribution in [3.8, 4) is 0 Å². The number of fused-ring (bicyclic) bond motifs is 1. The molecule has 0 bridgehead atoms. The van der Waals surface area contributed by atoms with E-state index >= 15 is 0 Å². The number of carbonyl (C=O) groups excluding carboxylic acids is 1. The van der Waals surface area contributed by atoms with Crippen LogP contribution >= 0.6 is 8.45 Å². The van der Waals surface area contributed by atoms with Gasteiger partial charge in [0.2, 0.25) is 5.78 Å². The number of anilines is 1. The second kappa shape index (κ2) is 8.43. The Morgan fingerprint density at radius 3 is 2.30 bits per heavy atom. The summed E-state index contributed by atoms with van der Waals surface area (Å²) in [5, 5.41) is 6.64. The fourth-order valence-corrected chi connectivity index (χ4v) is 6.82.